The topological polar surface area (TPSA) is 94.3 Å². The molecule has 2 N–H and O–H groups in total. The number of rotatable bonds is 6. The number of ketones is 1. The molecule has 1 amide bonds. The highest BCUT2D eigenvalue weighted by molar-refractivity contribution is 7.91. The molecule has 2 aromatic carbocycles. The Balaban J connectivity index is 2.06. The fourth-order valence-electron chi connectivity index (χ4n) is 2.06. The lowest BCUT2D eigenvalue weighted by molar-refractivity contribution is 0.0981. The summed E-state index contributed by atoms with van der Waals surface area (Å²) in [6, 6.07) is 12.4. The van der Waals surface area contributed by atoms with Gasteiger partial charge in [0.2, 0.25) is 5.91 Å². The molecule has 0 saturated carbocycles. The molecule has 120 valence electrons. The number of primary amides is 1. The van der Waals surface area contributed by atoms with E-state index in [1.54, 1.807) is 12.1 Å². The van der Waals surface area contributed by atoms with Crippen molar-refractivity contribution in [3.63, 3.8) is 0 Å². The Morgan fingerprint density at radius 1 is 0.913 bits per heavy atom. The Bertz CT molecular complexity index is 822. The van der Waals surface area contributed by atoms with E-state index in [1.165, 1.54) is 36.4 Å². The van der Waals surface area contributed by atoms with Crippen LogP contribution in [-0.4, -0.2) is 25.9 Å². The van der Waals surface area contributed by atoms with Crippen LogP contribution in [0, 0.1) is 6.92 Å². The molecule has 0 atom stereocenters. The van der Waals surface area contributed by atoms with Crippen LogP contribution >= 0.6 is 0 Å². The molecule has 0 fully saturated rings. The zero-order chi connectivity index (χ0) is 17.0. The second kappa shape index (κ2) is 6.75. The predicted octanol–water partition coefficient (Wildman–Crippen LogP) is 2.14. The van der Waals surface area contributed by atoms with Gasteiger partial charge in [0, 0.05) is 17.5 Å². The number of carbonyl (C=O) groups excluding carboxylic acids is 2. The largest absolute Gasteiger partial charge is 0.366 e. The third-order valence-electron chi connectivity index (χ3n) is 3.47. The molecule has 0 heterocycles. The molecule has 0 unspecified atom stereocenters. The van der Waals surface area contributed by atoms with E-state index in [-0.39, 0.29) is 22.9 Å². The van der Waals surface area contributed by atoms with Crippen molar-refractivity contribution < 1.29 is 18.0 Å². The van der Waals surface area contributed by atoms with E-state index in [0.717, 1.165) is 5.56 Å². The van der Waals surface area contributed by atoms with Crippen LogP contribution in [0.3, 0.4) is 0 Å². The fraction of sp³-hybridized carbons (Fsp3) is 0.176. The maximum Gasteiger partial charge on any atom is 0.248 e. The van der Waals surface area contributed by atoms with E-state index < -0.39 is 15.7 Å². The van der Waals surface area contributed by atoms with Crippen molar-refractivity contribution in [3.05, 3.63) is 65.2 Å². The zero-order valence-electron chi connectivity index (χ0n) is 12.7. The number of benzene rings is 2. The molecule has 5 nitrogen and oxygen atoms in total. The first-order chi connectivity index (χ1) is 10.8. The second-order valence-corrected chi connectivity index (χ2v) is 7.36. The third-order valence-corrected chi connectivity index (χ3v) is 5.20. The molecule has 0 aromatic heterocycles. The molecule has 23 heavy (non-hydrogen) atoms. The van der Waals surface area contributed by atoms with Crippen LogP contribution in [0.15, 0.2) is 53.4 Å². The van der Waals surface area contributed by atoms with Gasteiger partial charge in [-0.1, -0.05) is 29.8 Å². The van der Waals surface area contributed by atoms with Gasteiger partial charge in [0.05, 0.1) is 10.6 Å². The van der Waals surface area contributed by atoms with E-state index in [4.69, 9.17) is 5.73 Å². The molecule has 0 radical (unpaired) electrons. The van der Waals surface area contributed by atoms with Crippen LogP contribution in [-0.2, 0) is 9.84 Å². The number of carbonyl (C=O) groups is 2. The average molecular weight is 331 g/mol. The maximum absolute atomic E-state index is 12.2. The third kappa shape index (κ3) is 4.26. The summed E-state index contributed by atoms with van der Waals surface area (Å²) >= 11 is 0. The Morgan fingerprint density at radius 2 is 1.43 bits per heavy atom. The van der Waals surface area contributed by atoms with Crippen molar-refractivity contribution in [2.75, 3.05) is 5.75 Å². The molecule has 0 aliphatic carbocycles. The minimum Gasteiger partial charge on any atom is -0.366 e. The van der Waals surface area contributed by atoms with Gasteiger partial charge >= 0.3 is 0 Å². The first-order valence-corrected chi connectivity index (χ1v) is 8.67. The first kappa shape index (κ1) is 16.9. The predicted molar refractivity (Wildman–Crippen MR) is 87.1 cm³/mol. The summed E-state index contributed by atoms with van der Waals surface area (Å²) < 4.78 is 24.4. The summed E-state index contributed by atoms with van der Waals surface area (Å²) in [7, 11) is -3.50. The van der Waals surface area contributed by atoms with Gasteiger partial charge in [0.25, 0.3) is 0 Å². The maximum atomic E-state index is 12.2. The highest BCUT2D eigenvalue weighted by Gasteiger charge is 2.17. The number of hydrogen-bond acceptors (Lipinski definition) is 4. The zero-order valence-corrected chi connectivity index (χ0v) is 13.5. The number of Topliss-reactive ketones (excluding diaryl/α,β-unsaturated/α-hetero) is 1. The lowest BCUT2D eigenvalue weighted by Crippen LogP contribution is -2.13. The molecule has 0 spiro atoms. The monoisotopic (exact) mass is 331 g/mol. The van der Waals surface area contributed by atoms with E-state index >= 15 is 0 Å². The Kier molecular flexibility index (Phi) is 4.95. The molecular formula is C17H17NO4S. The second-order valence-electron chi connectivity index (χ2n) is 5.25. The molecular weight excluding hydrogens is 314 g/mol. The van der Waals surface area contributed by atoms with Crippen molar-refractivity contribution >= 4 is 21.5 Å². The number of nitrogens with two attached hydrogens (primary N) is 1. The lowest BCUT2D eigenvalue weighted by Gasteiger charge is -2.05. The number of amides is 1. The van der Waals surface area contributed by atoms with Gasteiger partial charge in [-0.15, -0.1) is 0 Å². The van der Waals surface area contributed by atoms with Crippen LogP contribution in [0.1, 0.15) is 32.7 Å². The van der Waals surface area contributed by atoms with Gasteiger partial charge in [0.15, 0.2) is 15.6 Å². The Morgan fingerprint density at radius 3 is 1.96 bits per heavy atom. The lowest BCUT2D eigenvalue weighted by atomic mass is 10.1. The Hall–Kier alpha value is -2.47. The molecule has 2 aromatic rings. The van der Waals surface area contributed by atoms with Crippen LogP contribution in [0.4, 0.5) is 0 Å². The van der Waals surface area contributed by atoms with E-state index in [9.17, 15) is 18.0 Å². The summed E-state index contributed by atoms with van der Waals surface area (Å²) in [6.45, 7) is 1.87. The first-order valence-electron chi connectivity index (χ1n) is 7.02. The average Bonchev–Trinajstić information content (AvgIpc) is 2.53. The molecule has 6 heteroatoms. The van der Waals surface area contributed by atoms with Crippen molar-refractivity contribution in [1.29, 1.82) is 0 Å². The summed E-state index contributed by atoms with van der Waals surface area (Å²) in [5.41, 5.74) is 6.75. The van der Waals surface area contributed by atoms with Gasteiger partial charge in [-0.25, -0.2) is 8.42 Å². The molecule has 0 saturated heterocycles. The van der Waals surface area contributed by atoms with Gasteiger partial charge in [0.1, 0.15) is 0 Å². The number of sulfone groups is 1. The van der Waals surface area contributed by atoms with E-state index in [0.29, 0.717) is 11.1 Å². The molecule has 0 aliphatic heterocycles. The minimum atomic E-state index is -3.50. The minimum absolute atomic E-state index is 0.119. The van der Waals surface area contributed by atoms with Gasteiger partial charge in [-0.3, -0.25) is 9.59 Å². The summed E-state index contributed by atoms with van der Waals surface area (Å²) in [5, 5.41) is 0. The number of hydrogen-bond donors (Lipinski definition) is 1. The standard InChI is InChI=1S/C17H17NO4S/c1-12-2-8-15(9-3-12)23(21,22)11-10-16(19)13-4-6-14(7-5-13)17(18)20/h2-9H,10-11H2,1H3,(H2,18,20). The number of aryl methyl sites for hydroxylation is 1. The van der Waals surface area contributed by atoms with Gasteiger partial charge < -0.3 is 5.73 Å². The van der Waals surface area contributed by atoms with E-state index in [2.05, 4.69) is 0 Å². The van der Waals surface area contributed by atoms with Crippen molar-refractivity contribution in [3.8, 4) is 0 Å². The van der Waals surface area contributed by atoms with Crippen LogP contribution in [0.25, 0.3) is 0 Å². The highest BCUT2D eigenvalue weighted by Crippen LogP contribution is 2.15. The van der Waals surface area contributed by atoms with E-state index in [1.807, 2.05) is 6.92 Å². The van der Waals surface area contributed by atoms with Crippen molar-refractivity contribution in [2.45, 2.75) is 18.2 Å². The fourth-order valence-corrected chi connectivity index (χ4v) is 3.30. The van der Waals surface area contributed by atoms with Crippen LogP contribution in [0.5, 0.6) is 0 Å². The highest BCUT2D eigenvalue weighted by atomic mass is 32.2. The summed E-state index contributed by atoms with van der Waals surface area (Å²) in [6.07, 6.45) is -0.119. The van der Waals surface area contributed by atoms with Gasteiger partial charge in [-0.05, 0) is 31.2 Å². The van der Waals surface area contributed by atoms with Crippen LogP contribution < -0.4 is 5.73 Å². The SMILES string of the molecule is Cc1ccc(S(=O)(=O)CCC(=O)c2ccc(C(N)=O)cc2)cc1. The molecule has 2 rings (SSSR count). The Labute approximate surface area is 135 Å². The summed E-state index contributed by atoms with van der Waals surface area (Å²) in [5.74, 6) is -1.13. The van der Waals surface area contributed by atoms with Crippen molar-refractivity contribution in [1.82, 2.24) is 0 Å². The van der Waals surface area contributed by atoms with Gasteiger partial charge in [-0.2, -0.15) is 0 Å². The quantitative estimate of drug-likeness (QED) is 0.821. The van der Waals surface area contributed by atoms with Crippen molar-refractivity contribution in [2.24, 2.45) is 5.73 Å². The molecule has 0 bridgehead atoms. The molecule has 0 aliphatic rings. The summed E-state index contributed by atoms with van der Waals surface area (Å²) in [4.78, 5) is 23.3. The normalized spacial score (nSPS) is 11.2. The smallest absolute Gasteiger partial charge is 0.248 e. The van der Waals surface area contributed by atoms with Crippen LogP contribution in [0.2, 0.25) is 0 Å².